The van der Waals surface area contributed by atoms with Crippen molar-refractivity contribution in [2.24, 2.45) is 0 Å². The summed E-state index contributed by atoms with van der Waals surface area (Å²) in [4.78, 5) is 21.5. The average molecular weight is 228 g/mol. The lowest BCUT2D eigenvalue weighted by molar-refractivity contribution is -0.138. The van der Waals surface area contributed by atoms with Crippen LogP contribution >= 0.6 is 0 Å². The Hall–Kier alpha value is -1.78. The molecule has 0 spiro atoms. The summed E-state index contributed by atoms with van der Waals surface area (Å²) in [6.45, 7) is 0. The molecule has 1 aromatic rings. The molecule has 1 rings (SSSR count). The van der Waals surface area contributed by atoms with Crippen LogP contribution in [-0.2, 0) is 4.79 Å². The number of carbonyl (C=O) groups excluding carboxylic acids is 1. The lowest BCUT2D eigenvalue weighted by Crippen LogP contribution is -2.29. The number of hydrogen-bond donors (Lipinski definition) is 1. The molecule has 0 aliphatic carbocycles. The zero-order chi connectivity index (χ0) is 12.2. The number of ketones is 1. The fraction of sp³-hybridized carbons (Fsp3) is 0.273. The van der Waals surface area contributed by atoms with Crippen LogP contribution in [0.15, 0.2) is 30.3 Å². The first-order valence-corrected chi connectivity index (χ1v) is 4.63. The van der Waals surface area contributed by atoms with Crippen LogP contribution in [0.5, 0.6) is 0 Å². The first kappa shape index (κ1) is 12.3. The predicted octanol–water partition coefficient (Wildman–Crippen LogP) is 2.37. The highest BCUT2D eigenvalue weighted by atomic mass is 19.3. The van der Waals surface area contributed by atoms with Gasteiger partial charge in [0.05, 0.1) is 6.42 Å². The van der Waals surface area contributed by atoms with Crippen LogP contribution in [0, 0.1) is 0 Å². The second kappa shape index (κ2) is 4.83. The van der Waals surface area contributed by atoms with Crippen molar-refractivity contribution >= 4 is 11.8 Å². The van der Waals surface area contributed by atoms with E-state index in [0.717, 1.165) is 0 Å². The molecule has 0 saturated carbocycles. The molecule has 1 aromatic carbocycles. The van der Waals surface area contributed by atoms with Gasteiger partial charge >= 0.3 is 11.9 Å². The summed E-state index contributed by atoms with van der Waals surface area (Å²) in [5.41, 5.74) is -0.113. The van der Waals surface area contributed by atoms with Crippen LogP contribution in [0.4, 0.5) is 8.78 Å². The van der Waals surface area contributed by atoms with E-state index in [-0.39, 0.29) is 5.56 Å². The molecule has 0 aromatic heterocycles. The Morgan fingerprint density at radius 2 is 1.75 bits per heavy atom. The van der Waals surface area contributed by atoms with E-state index in [1.165, 1.54) is 24.3 Å². The maximum atomic E-state index is 13.3. The van der Waals surface area contributed by atoms with Gasteiger partial charge in [0.1, 0.15) is 0 Å². The standard InChI is InChI=1S/C11H10F2O3/c12-11(13,7-6-9(14)15)10(16)8-4-2-1-3-5-8/h1-5H,6-7H2,(H,14,15). The minimum atomic E-state index is -3.63. The van der Waals surface area contributed by atoms with E-state index in [1.807, 2.05) is 0 Å². The molecular formula is C11H10F2O3. The number of halogens is 2. The van der Waals surface area contributed by atoms with Crippen LogP contribution in [0.25, 0.3) is 0 Å². The molecule has 0 amide bonds. The van der Waals surface area contributed by atoms with Gasteiger partial charge in [-0.1, -0.05) is 30.3 Å². The Balaban J connectivity index is 2.76. The SMILES string of the molecule is O=C(O)CCC(F)(F)C(=O)c1ccccc1. The minimum absolute atomic E-state index is 0.113. The number of aliphatic carboxylic acids is 1. The maximum absolute atomic E-state index is 13.3. The molecule has 0 aliphatic rings. The molecule has 3 nitrogen and oxygen atoms in total. The zero-order valence-electron chi connectivity index (χ0n) is 8.32. The number of carboxylic acids is 1. The van der Waals surface area contributed by atoms with Crippen molar-refractivity contribution in [3.05, 3.63) is 35.9 Å². The molecule has 1 N–H and O–H groups in total. The maximum Gasteiger partial charge on any atom is 0.310 e. The smallest absolute Gasteiger partial charge is 0.310 e. The second-order valence-electron chi connectivity index (χ2n) is 3.29. The van der Waals surface area contributed by atoms with Crippen LogP contribution in [0.1, 0.15) is 23.2 Å². The predicted molar refractivity (Wildman–Crippen MR) is 52.6 cm³/mol. The van der Waals surface area contributed by atoms with Gasteiger partial charge in [-0.05, 0) is 0 Å². The van der Waals surface area contributed by atoms with Gasteiger partial charge in [0, 0.05) is 12.0 Å². The van der Waals surface area contributed by atoms with Gasteiger partial charge in [0.2, 0.25) is 5.78 Å². The third-order valence-corrected chi connectivity index (χ3v) is 2.02. The first-order chi connectivity index (χ1) is 7.43. The van der Waals surface area contributed by atoms with Gasteiger partial charge in [-0.15, -0.1) is 0 Å². The monoisotopic (exact) mass is 228 g/mol. The quantitative estimate of drug-likeness (QED) is 0.787. The number of rotatable bonds is 5. The molecule has 0 saturated heterocycles. The van der Waals surface area contributed by atoms with Crippen molar-refractivity contribution in [2.75, 3.05) is 0 Å². The van der Waals surface area contributed by atoms with E-state index in [1.54, 1.807) is 6.07 Å². The number of hydrogen-bond acceptors (Lipinski definition) is 2. The van der Waals surface area contributed by atoms with E-state index in [4.69, 9.17) is 5.11 Å². The van der Waals surface area contributed by atoms with Crippen LogP contribution < -0.4 is 0 Å². The summed E-state index contributed by atoms with van der Waals surface area (Å²) >= 11 is 0. The summed E-state index contributed by atoms with van der Waals surface area (Å²) in [6, 6.07) is 7.10. The summed E-state index contributed by atoms with van der Waals surface area (Å²) in [5, 5.41) is 8.28. The number of carboxylic acid groups (broad SMARTS) is 1. The van der Waals surface area contributed by atoms with Crippen molar-refractivity contribution in [1.29, 1.82) is 0 Å². The van der Waals surface area contributed by atoms with Gasteiger partial charge in [-0.3, -0.25) is 9.59 Å². The van der Waals surface area contributed by atoms with Crippen LogP contribution in [0.2, 0.25) is 0 Å². The molecule has 0 atom stereocenters. The molecule has 86 valence electrons. The van der Waals surface area contributed by atoms with Crippen molar-refractivity contribution in [2.45, 2.75) is 18.8 Å². The summed E-state index contributed by atoms with van der Waals surface area (Å²) in [7, 11) is 0. The van der Waals surface area contributed by atoms with E-state index in [2.05, 4.69) is 0 Å². The molecule has 0 bridgehead atoms. The first-order valence-electron chi connectivity index (χ1n) is 4.63. The molecule has 0 aliphatic heterocycles. The van der Waals surface area contributed by atoms with E-state index in [0.29, 0.717) is 0 Å². The molecule has 0 radical (unpaired) electrons. The van der Waals surface area contributed by atoms with Crippen LogP contribution in [0.3, 0.4) is 0 Å². The van der Waals surface area contributed by atoms with Gasteiger partial charge in [-0.2, -0.15) is 8.78 Å². The lowest BCUT2D eigenvalue weighted by Gasteiger charge is -2.13. The fourth-order valence-corrected chi connectivity index (χ4v) is 1.18. The Kier molecular flexibility index (Phi) is 3.71. The molecule has 0 fully saturated rings. The van der Waals surface area contributed by atoms with Gasteiger partial charge in [-0.25, -0.2) is 0 Å². The molecule has 5 heteroatoms. The highest BCUT2D eigenvalue weighted by Crippen LogP contribution is 2.25. The summed E-state index contributed by atoms with van der Waals surface area (Å²) in [5.74, 6) is -6.31. The van der Waals surface area contributed by atoms with E-state index < -0.39 is 30.5 Å². The van der Waals surface area contributed by atoms with E-state index >= 15 is 0 Å². The van der Waals surface area contributed by atoms with E-state index in [9.17, 15) is 18.4 Å². The van der Waals surface area contributed by atoms with Crippen molar-refractivity contribution in [3.63, 3.8) is 0 Å². The second-order valence-corrected chi connectivity index (χ2v) is 3.29. The zero-order valence-corrected chi connectivity index (χ0v) is 8.32. The summed E-state index contributed by atoms with van der Waals surface area (Å²) < 4.78 is 26.5. The average Bonchev–Trinajstić information content (AvgIpc) is 2.27. The van der Waals surface area contributed by atoms with Gasteiger partial charge < -0.3 is 5.11 Å². The highest BCUT2D eigenvalue weighted by molar-refractivity contribution is 6.01. The molecule has 0 unspecified atom stereocenters. The molecule has 16 heavy (non-hydrogen) atoms. The van der Waals surface area contributed by atoms with Gasteiger partial charge in [0.25, 0.3) is 0 Å². The molecular weight excluding hydrogens is 218 g/mol. The van der Waals surface area contributed by atoms with Crippen molar-refractivity contribution < 1.29 is 23.5 Å². The highest BCUT2D eigenvalue weighted by Gasteiger charge is 2.39. The Bertz CT molecular complexity index is 387. The summed E-state index contributed by atoms with van der Waals surface area (Å²) in [6.07, 6.45) is -1.71. The van der Waals surface area contributed by atoms with Crippen LogP contribution in [-0.4, -0.2) is 22.8 Å². The number of Topliss-reactive ketones (excluding diaryl/α,β-unsaturated/α-hetero) is 1. The Morgan fingerprint density at radius 1 is 1.19 bits per heavy atom. The Morgan fingerprint density at radius 3 is 2.25 bits per heavy atom. The number of carbonyl (C=O) groups is 2. The fourth-order valence-electron chi connectivity index (χ4n) is 1.18. The Labute approximate surface area is 90.7 Å². The van der Waals surface area contributed by atoms with Crippen molar-refractivity contribution in [3.8, 4) is 0 Å². The number of alkyl halides is 2. The normalized spacial score (nSPS) is 11.1. The molecule has 0 heterocycles. The minimum Gasteiger partial charge on any atom is -0.481 e. The topological polar surface area (TPSA) is 54.4 Å². The lowest BCUT2D eigenvalue weighted by atomic mass is 10.0. The number of benzene rings is 1. The van der Waals surface area contributed by atoms with Crippen molar-refractivity contribution in [1.82, 2.24) is 0 Å². The third kappa shape index (κ3) is 3.12. The van der Waals surface area contributed by atoms with Gasteiger partial charge in [0.15, 0.2) is 0 Å². The largest absolute Gasteiger partial charge is 0.481 e. The third-order valence-electron chi connectivity index (χ3n) is 2.02.